The Kier molecular flexibility index (Phi) is 7.01. The van der Waals surface area contributed by atoms with Crippen LogP contribution in [0.2, 0.25) is 0 Å². The number of amides is 1. The van der Waals surface area contributed by atoms with Crippen molar-refractivity contribution in [3.63, 3.8) is 0 Å². The fourth-order valence-corrected chi connectivity index (χ4v) is 2.15. The van der Waals surface area contributed by atoms with Crippen molar-refractivity contribution in [1.29, 1.82) is 0 Å². The lowest BCUT2D eigenvalue weighted by atomic mass is 10.1. The molecular weight excluding hydrogens is 300 g/mol. The van der Waals surface area contributed by atoms with E-state index in [1.165, 1.54) is 24.3 Å². The van der Waals surface area contributed by atoms with Gasteiger partial charge < -0.3 is 10.6 Å². The first-order valence-electron chi connectivity index (χ1n) is 6.75. The van der Waals surface area contributed by atoms with Crippen molar-refractivity contribution >= 4 is 18.3 Å². The minimum Gasteiger partial charge on any atom is -0.349 e. The Labute approximate surface area is 129 Å². The number of rotatable bonds is 5. The Morgan fingerprint density at radius 2 is 1.86 bits per heavy atom. The van der Waals surface area contributed by atoms with Gasteiger partial charge in [0.15, 0.2) is 0 Å². The van der Waals surface area contributed by atoms with E-state index < -0.39 is 11.8 Å². The molecule has 0 saturated carbocycles. The van der Waals surface area contributed by atoms with Crippen LogP contribution in [-0.2, 0) is 10.7 Å². The topological polar surface area (TPSA) is 44.4 Å². The summed E-state index contributed by atoms with van der Waals surface area (Å²) in [6.07, 6.45) is 0. The average molecular weight is 320 g/mol. The van der Waals surface area contributed by atoms with Gasteiger partial charge in [0, 0.05) is 44.8 Å². The number of carbonyl (C=O) groups excluding carboxylic acids is 1. The molecule has 1 aromatic carbocycles. The molecule has 1 aromatic rings. The van der Waals surface area contributed by atoms with E-state index in [1.807, 2.05) is 0 Å². The second-order valence-corrected chi connectivity index (χ2v) is 4.79. The monoisotopic (exact) mass is 319 g/mol. The van der Waals surface area contributed by atoms with Crippen LogP contribution in [0.3, 0.4) is 0 Å². The molecule has 0 atom stereocenters. The lowest BCUT2D eigenvalue weighted by molar-refractivity contribution is -0.147. The maximum absolute atomic E-state index is 13.9. The molecule has 1 heterocycles. The summed E-state index contributed by atoms with van der Waals surface area (Å²) in [5, 5.41) is 5.53. The maximum Gasteiger partial charge on any atom is 0.349 e. The zero-order chi connectivity index (χ0) is 14.4. The highest BCUT2D eigenvalue weighted by atomic mass is 35.5. The number of piperazine rings is 1. The summed E-state index contributed by atoms with van der Waals surface area (Å²) in [6, 6.07) is 7.15. The number of nitrogens with zero attached hydrogens (tertiary/aromatic N) is 1. The van der Waals surface area contributed by atoms with Crippen LogP contribution in [0.15, 0.2) is 30.3 Å². The maximum atomic E-state index is 13.9. The van der Waals surface area contributed by atoms with E-state index >= 15 is 0 Å². The third-order valence-electron chi connectivity index (χ3n) is 3.34. The number of hydrogen-bond donors (Lipinski definition) is 2. The average Bonchev–Trinajstić information content (AvgIpc) is 2.49. The zero-order valence-corrected chi connectivity index (χ0v) is 12.5. The van der Waals surface area contributed by atoms with Gasteiger partial charge in [-0.05, 0) is 0 Å². The van der Waals surface area contributed by atoms with Crippen LogP contribution < -0.4 is 10.6 Å². The SMILES string of the molecule is Cl.O=C(NCCN1CCNCC1)C(F)(F)c1ccccc1. The first-order valence-corrected chi connectivity index (χ1v) is 6.75. The summed E-state index contributed by atoms with van der Waals surface area (Å²) in [5.74, 6) is -4.72. The summed E-state index contributed by atoms with van der Waals surface area (Å²) in [4.78, 5) is 13.8. The summed E-state index contributed by atoms with van der Waals surface area (Å²) >= 11 is 0. The van der Waals surface area contributed by atoms with Crippen LogP contribution in [-0.4, -0.2) is 50.1 Å². The number of nitrogens with one attached hydrogen (secondary N) is 2. The van der Waals surface area contributed by atoms with Crippen molar-refractivity contribution in [3.05, 3.63) is 35.9 Å². The highest BCUT2D eigenvalue weighted by molar-refractivity contribution is 5.85. The Balaban J connectivity index is 0.00000220. The summed E-state index contributed by atoms with van der Waals surface area (Å²) < 4.78 is 27.8. The normalized spacial score (nSPS) is 16.1. The Hall–Kier alpha value is -1.24. The minimum absolute atomic E-state index is 0. The van der Waals surface area contributed by atoms with E-state index in [1.54, 1.807) is 6.07 Å². The smallest absolute Gasteiger partial charge is 0.349 e. The highest BCUT2D eigenvalue weighted by Gasteiger charge is 2.40. The van der Waals surface area contributed by atoms with Gasteiger partial charge in [0.25, 0.3) is 5.91 Å². The second-order valence-electron chi connectivity index (χ2n) is 4.79. The summed E-state index contributed by atoms with van der Waals surface area (Å²) in [7, 11) is 0. The quantitative estimate of drug-likeness (QED) is 0.858. The molecule has 1 saturated heterocycles. The van der Waals surface area contributed by atoms with Gasteiger partial charge in [0.1, 0.15) is 0 Å². The van der Waals surface area contributed by atoms with Gasteiger partial charge in [0.2, 0.25) is 0 Å². The fourth-order valence-electron chi connectivity index (χ4n) is 2.15. The molecule has 1 amide bonds. The van der Waals surface area contributed by atoms with Gasteiger partial charge in [-0.25, -0.2) is 0 Å². The molecule has 0 unspecified atom stereocenters. The molecule has 2 rings (SSSR count). The highest BCUT2D eigenvalue weighted by Crippen LogP contribution is 2.27. The molecular formula is C14H20ClF2N3O. The Morgan fingerprint density at radius 1 is 1.24 bits per heavy atom. The van der Waals surface area contributed by atoms with Gasteiger partial charge in [-0.3, -0.25) is 9.69 Å². The molecule has 0 aliphatic carbocycles. The van der Waals surface area contributed by atoms with Gasteiger partial charge in [0.05, 0.1) is 0 Å². The van der Waals surface area contributed by atoms with Gasteiger partial charge in [-0.2, -0.15) is 8.78 Å². The van der Waals surface area contributed by atoms with Crippen molar-refractivity contribution in [3.8, 4) is 0 Å². The number of benzene rings is 1. The van der Waals surface area contributed by atoms with Crippen molar-refractivity contribution < 1.29 is 13.6 Å². The van der Waals surface area contributed by atoms with E-state index in [2.05, 4.69) is 15.5 Å². The first-order chi connectivity index (χ1) is 9.60. The number of hydrogen-bond acceptors (Lipinski definition) is 3. The molecule has 1 aliphatic heterocycles. The second kappa shape index (κ2) is 8.26. The minimum atomic E-state index is -3.48. The van der Waals surface area contributed by atoms with Crippen molar-refractivity contribution in [2.45, 2.75) is 5.92 Å². The number of halogens is 3. The lowest BCUT2D eigenvalue weighted by Crippen LogP contribution is -2.47. The predicted octanol–water partition coefficient (Wildman–Crippen LogP) is 1.22. The molecule has 0 radical (unpaired) electrons. The van der Waals surface area contributed by atoms with Crippen molar-refractivity contribution in [1.82, 2.24) is 15.5 Å². The predicted molar refractivity (Wildman–Crippen MR) is 79.9 cm³/mol. The van der Waals surface area contributed by atoms with E-state index in [0.717, 1.165) is 26.2 Å². The first kappa shape index (κ1) is 17.8. The Bertz CT molecular complexity index is 439. The summed E-state index contributed by atoms with van der Waals surface area (Å²) in [6.45, 7) is 4.39. The molecule has 7 heteroatoms. The standard InChI is InChI=1S/C14H19F2N3O.ClH/c15-14(16,12-4-2-1-3-5-12)13(20)18-8-11-19-9-6-17-7-10-19;/h1-5,17H,6-11H2,(H,18,20);1H. The molecule has 0 bridgehead atoms. The van der Waals surface area contributed by atoms with Crippen LogP contribution in [0.1, 0.15) is 5.56 Å². The molecule has 21 heavy (non-hydrogen) atoms. The van der Waals surface area contributed by atoms with E-state index in [4.69, 9.17) is 0 Å². The third-order valence-corrected chi connectivity index (χ3v) is 3.34. The summed E-state index contributed by atoms with van der Waals surface area (Å²) in [5.41, 5.74) is -0.278. The lowest BCUT2D eigenvalue weighted by Gasteiger charge is -2.27. The van der Waals surface area contributed by atoms with Gasteiger partial charge in [-0.1, -0.05) is 30.3 Å². The Morgan fingerprint density at radius 3 is 2.48 bits per heavy atom. The molecule has 0 spiro atoms. The van der Waals surface area contributed by atoms with Crippen molar-refractivity contribution in [2.75, 3.05) is 39.3 Å². The van der Waals surface area contributed by atoms with Crippen LogP contribution in [0, 0.1) is 0 Å². The van der Waals surface area contributed by atoms with E-state index in [0.29, 0.717) is 6.54 Å². The zero-order valence-electron chi connectivity index (χ0n) is 11.6. The molecule has 4 nitrogen and oxygen atoms in total. The van der Waals surface area contributed by atoms with E-state index in [9.17, 15) is 13.6 Å². The van der Waals surface area contributed by atoms with Crippen molar-refractivity contribution in [2.24, 2.45) is 0 Å². The van der Waals surface area contributed by atoms with Crippen LogP contribution >= 0.6 is 12.4 Å². The van der Waals surface area contributed by atoms with Crippen LogP contribution in [0.4, 0.5) is 8.78 Å². The molecule has 2 N–H and O–H groups in total. The van der Waals surface area contributed by atoms with Crippen LogP contribution in [0.5, 0.6) is 0 Å². The molecule has 118 valence electrons. The number of alkyl halides is 2. The molecule has 0 aromatic heterocycles. The van der Waals surface area contributed by atoms with Gasteiger partial charge in [-0.15, -0.1) is 12.4 Å². The fraction of sp³-hybridized carbons (Fsp3) is 0.500. The van der Waals surface area contributed by atoms with E-state index in [-0.39, 0.29) is 24.5 Å². The molecule has 1 fully saturated rings. The molecule has 1 aliphatic rings. The number of carbonyl (C=O) groups is 1. The third kappa shape index (κ3) is 4.91. The van der Waals surface area contributed by atoms with Gasteiger partial charge >= 0.3 is 5.92 Å². The van der Waals surface area contributed by atoms with Crippen LogP contribution in [0.25, 0.3) is 0 Å². The largest absolute Gasteiger partial charge is 0.349 e.